The van der Waals surface area contributed by atoms with Crippen molar-refractivity contribution in [1.29, 1.82) is 0 Å². The highest BCUT2D eigenvalue weighted by atomic mass is 35.5. The van der Waals surface area contributed by atoms with Crippen molar-refractivity contribution in [1.82, 2.24) is 9.97 Å². The Bertz CT molecular complexity index is 400. The molecule has 0 aliphatic heterocycles. The minimum absolute atomic E-state index is 0.519. The minimum atomic E-state index is 0.519. The predicted molar refractivity (Wildman–Crippen MR) is 79.6 cm³/mol. The molecule has 2 rings (SSSR count). The maximum Gasteiger partial charge on any atom is 0.134 e. The normalized spacial score (nSPS) is 23.3. The molecule has 1 aromatic rings. The van der Waals surface area contributed by atoms with Gasteiger partial charge in [0.2, 0.25) is 0 Å². The van der Waals surface area contributed by atoms with E-state index in [4.69, 9.17) is 11.6 Å². The van der Waals surface area contributed by atoms with Crippen LogP contribution in [-0.4, -0.2) is 27.0 Å². The van der Waals surface area contributed by atoms with E-state index in [1.54, 1.807) is 0 Å². The number of aromatic nitrogens is 2. The minimum Gasteiger partial charge on any atom is -0.366 e. The predicted octanol–water partition coefficient (Wildman–Crippen LogP) is 3.78. The fraction of sp³-hybridized carbons (Fsp3) is 0.692. The van der Waals surface area contributed by atoms with Gasteiger partial charge in [-0.3, -0.25) is 0 Å². The summed E-state index contributed by atoms with van der Waals surface area (Å²) in [5, 5.41) is 4.77. The Labute approximate surface area is 118 Å². The van der Waals surface area contributed by atoms with Gasteiger partial charge in [-0.05, 0) is 18.6 Å². The average Bonchev–Trinajstić information content (AvgIpc) is 2.76. The first-order chi connectivity index (χ1) is 8.72. The SMILES string of the molecule is CCSC1CCCC1Nc1cc(Cl)nc(CC)n1. The van der Waals surface area contributed by atoms with Crippen LogP contribution in [0.25, 0.3) is 0 Å². The number of hydrogen-bond donors (Lipinski definition) is 1. The molecule has 0 spiro atoms. The summed E-state index contributed by atoms with van der Waals surface area (Å²) >= 11 is 8.06. The molecule has 2 unspecified atom stereocenters. The van der Waals surface area contributed by atoms with Crippen molar-refractivity contribution in [2.24, 2.45) is 0 Å². The lowest BCUT2D eigenvalue weighted by molar-refractivity contribution is 0.758. The molecule has 1 heterocycles. The van der Waals surface area contributed by atoms with Crippen LogP contribution in [0.1, 0.15) is 38.9 Å². The van der Waals surface area contributed by atoms with Crippen LogP contribution in [0.15, 0.2) is 6.07 Å². The summed E-state index contributed by atoms with van der Waals surface area (Å²) in [4.78, 5) is 8.69. The first kappa shape index (κ1) is 13.9. The molecule has 0 saturated heterocycles. The first-order valence-corrected chi connectivity index (χ1v) is 8.07. The van der Waals surface area contributed by atoms with Crippen molar-refractivity contribution < 1.29 is 0 Å². The summed E-state index contributed by atoms with van der Waals surface area (Å²) in [6, 6.07) is 2.35. The molecule has 1 aliphatic carbocycles. The van der Waals surface area contributed by atoms with E-state index >= 15 is 0 Å². The van der Waals surface area contributed by atoms with Gasteiger partial charge in [-0.15, -0.1) is 0 Å². The quantitative estimate of drug-likeness (QED) is 0.836. The number of thioether (sulfide) groups is 1. The molecule has 0 radical (unpaired) electrons. The van der Waals surface area contributed by atoms with Crippen molar-refractivity contribution in [3.05, 3.63) is 17.0 Å². The Morgan fingerprint density at radius 2 is 2.22 bits per heavy atom. The highest BCUT2D eigenvalue weighted by Crippen LogP contribution is 2.32. The average molecular weight is 286 g/mol. The van der Waals surface area contributed by atoms with Gasteiger partial charge >= 0.3 is 0 Å². The molecule has 5 heteroatoms. The summed E-state index contributed by atoms with van der Waals surface area (Å²) < 4.78 is 0. The topological polar surface area (TPSA) is 37.8 Å². The second-order valence-electron chi connectivity index (χ2n) is 4.52. The zero-order chi connectivity index (χ0) is 13.0. The van der Waals surface area contributed by atoms with E-state index in [0.717, 1.165) is 18.1 Å². The van der Waals surface area contributed by atoms with Gasteiger partial charge in [-0.1, -0.05) is 31.9 Å². The Morgan fingerprint density at radius 1 is 1.39 bits per heavy atom. The summed E-state index contributed by atoms with van der Waals surface area (Å²) in [5.41, 5.74) is 0. The molecule has 100 valence electrons. The summed E-state index contributed by atoms with van der Waals surface area (Å²) in [6.07, 6.45) is 4.64. The van der Waals surface area contributed by atoms with Crippen LogP contribution < -0.4 is 5.32 Å². The van der Waals surface area contributed by atoms with Crippen LogP contribution in [0.4, 0.5) is 5.82 Å². The van der Waals surface area contributed by atoms with Crippen molar-refractivity contribution >= 4 is 29.2 Å². The van der Waals surface area contributed by atoms with Crippen molar-refractivity contribution in [2.75, 3.05) is 11.1 Å². The monoisotopic (exact) mass is 285 g/mol. The standard InChI is InChI=1S/C13H20ClN3S/c1-3-12-16-11(14)8-13(17-12)15-9-6-5-7-10(9)18-4-2/h8-10H,3-7H2,1-2H3,(H,15,16,17). The van der Waals surface area contributed by atoms with E-state index in [-0.39, 0.29) is 0 Å². The molecule has 0 aromatic carbocycles. The number of halogens is 1. The lowest BCUT2D eigenvalue weighted by Crippen LogP contribution is -2.26. The van der Waals surface area contributed by atoms with Gasteiger partial charge in [0.05, 0.1) is 0 Å². The first-order valence-electron chi connectivity index (χ1n) is 6.64. The third kappa shape index (κ3) is 3.51. The molecule has 1 aliphatic rings. The van der Waals surface area contributed by atoms with E-state index in [1.165, 1.54) is 25.0 Å². The molecule has 1 fully saturated rings. The van der Waals surface area contributed by atoms with Crippen molar-refractivity contribution in [2.45, 2.75) is 50.8 Å². The Kier molecular flexibility index (Phi) is 5.13. The third-order valence-corrected chi connectivity index (χ3v) is 4.74. The van der Waals surface area contributed by atoms with Crippen LogP contribution >= 0.6 is 23.4 Å². The zero-order valence-electron chi connectivity index (χ0n) is 10.9. The van der Waals surface area contributed by atoms with E-state index < -0.39 is 0 Å². The number of anilines is 1. The molecular weight excluding hydrogens is 266 g/mol. The Morgan fingerprint density at radius 3 is 2.94 bits per heavy atom. The summed E-state index contributed by atoms with van der Waals surface area (Å²) in [5.74, 6) is 2.86. The highest BCUT2D eigenvalue weighted by Gasteiger charge is 2.27. The van der Waals surface area contributed by atoms with E-state index in [2.05, 4.69) is 22.2 Å². The van der Waals surface area contributed by atoms with Crippen molar-refractivity contribution in [3.8, 4) is 0 Å². The molecule has 2 atom stereocenters. The molecule has 1 saturated carbocycles. The van der Waals surface area contributed by atoms with Crippen LogP contribution in [0, 0.1) is 0 Å². The van der Waals surface area contributed by atoms with Gasteiger partial charge in [0, 0.05) is 23.8 Å². The summed E-state index contributed by atoms with van der Waals surface area (Å²) in [6.45, 7) is 4.26. The van der Waals surface area contributed by atoms with Crippen LogP contribution in [0.5, 0.6) is 0 Å². The number of rotatable bonds is 5. The van der Waals surface area contributed by atoms with Gasteiger partial charge < -0.3 is 5.32 Å². The van der Waals surface area contributed by atoms with Crippen LogP contribution in [0.2, 0.25) is 5.15 Å². The van der Waals surface area contributed by atoms with Gasteiger partial charge in [0.25, 0.3) is 0 Å². The second-order valence-corrected chi connectivity index (χ2v) is 6.42. The van der Waals surface area contributed by atoms with Crippen LogP contribution in [-0.2, 0) is 6.42 Å². The fourth-order valence-electron chi connectivity index (χ4n) is 2.39. The molecule has 0 amide bonds. The molecule has 1 aromatic heterocycles. The van der Waals surface area contributed by atoms with E-state index in [9.17, 15) is 0 Å². The maximum absolute atomic E-state index is 6.02. The maximum atomic E-state index is 6.02. The lowest BCUT2D eigenvalue weighted by Gasteiger charge is -2.20. The number of nitrogens with zero attached hydrogens (tertiary/aromatic N) is 2. The van der Waals surface area contributed by atoms with E-state index in [1.807, 2.05) is 24.8 Å². The number of nitrogens with one attached hydrogen (secondary N) is 1. The van der Waals surface area contributed by atoms with Crippen LogP contribution in [0.3, 0.4) is 0 Å². The van der Waals surface area contributed by atoms with Gasteiger partial charge in [0.15, 0.2) is 0 Å². The van der Waals surface area contributed by atoms with Gasteiger partial charge in [-0.2, -0.15) is 11.8 Å². The molecule has 1 N–H and O–H groups in total. The Balaban J connectivity index is 2.06. The lowest BCUT2D eigenvalue weighted by atomic mass is 10.2. The number of aryl methyl sites for hydroxylation is 1. The molecule has 3 nitrogen and oxygen atoms in total. The molecule has 18 heavy (non-hydrogen) atoms. The van der Waals surface area contributed by atoms with Gasteiger partial charge in [0.1, 0.15) is 16.8 Å². The molecular formula is C13H20ClN3S. The summed E-state index contributed by atoms with van der Waals surface area (Å²) in [7, 11) is 0. The second kappa shape index (κ2) is 6.62. The third-order valence-electron chi connectivity index (χ3n) is 3.22. The number of hydrogen-bond acceptors (Lipinski definition) is 4. The fourth-order valence-corrected chi connectivity index (χ4v) is 3.79. The van der Waals surface area contributed by atoms with Crippen molar-refractivity contribution in [3.63, 3.8) is 0 Å². The zero-order valence-corrected chi connectivity index (χ0v) is 12.5. The Hall–Kier alpha value is -0.480. The van der Waals surface area contributed by atoms with Gasteiger partial charge in [-0.25, -0.2) is 9.97 Å². The highest BCUT2D eigenvalue weighted by molar-refractivity contribution is 7.99. The largest absolute Gasteiger partial charge is 0.366 e. The smallest absolute Gasteiger partial charge is 0.134 e. The van der Waals surface area contributed by atoms with E-state index in [0.29, 0.717) is 16.4 Å². The molecule has 0 bridgehead atoms.